The summed E-state index contributed by atoms with van der Waals surface area (Å²) in [6.45, 7) is 9.67. The zero-order valence-electron chi connectivity index (χ0n) is 19.5. The summed E-state index contributed by atoms with van der Waals surface area (Å²) < 4.78 is 7.78. The second-order valence-electron chi connectivity index (χ2n) is 8.94. The number of likely N-dealkylation sites (N-methyl/N-ethyl adjacent to an activating group) is 1. The molecule has 1 atom stereocenters. The third kappa shape index (κ3) is 4.51. The smallest absolute Gasteiger partial charge is 0.267 e. The summed E-state index contributed by atoms with van der Waals surface area (Å²) in [6, 6.07) is 3.82. The van der Waals surface area contributed by atoms with Gasteiger partial charge in [-0.15, -0.1) is 0 Å². The van der Waals surface area contributed by atoms with Crippen LogP contribution in [0.2, 0.25) is 0 Å². The van der Waals surface area contributed by atoms with Crippen LogP contribution in [0, 0.1) is 6.92 Å². The normalized spacial score (nSPS) is 23.1. The van der Waals surface area contributed by atoms with E-state index < -0.39 is 0 Å². The number of hydrogen-bond acceptors (Lipinski definition) is 8. The van der Waals surface area contributed by atoms with Gasteiger partial charge in [-0.05, 0) is 44.0 Å². The highest BCUT2D eigenvalue weighted by Gasteiger charge is 2.35. The van der Waals surface area contributed by atoms with Gasteiger partial charge in [0, 0.05) is 39.0 Å². The van der Waals surface area contributed by atoms with Crippen molar-refractivity contribution in [2.24, 2.45) is 0 Å². The third-order valence-corrected chi connectivity index (χ3v) is 8.04. The Morgan fingerprint density at radius 1 is 1.24 bits per heavy atom. The lowest BCUT2D eigenvalue weighted by molar-refractivity contribution is -0.123. The van der Waals surface area contributed by atoms with Gasteiger partial charge in [0.25, 0.3) is 11.5 Å². The van der Waals surface area contributed by atoms with E-state index in [9.17, 15) is 9.59 Å². The Morgan fingerprint density at radius 3 is 2.74 bits per heavy atom. The van der Waals surface area contributed by atoms with Gasteiger partial charge in [-0.25, -0.2) is 4.98 Å². The minimum absolute atomic E-state index is 0.0169. The number of carbonyl (C=O) groups excluding carboxylic acids is 1. The van der Waals surface area contributed by atoms with E-state index in [1.807, 2.05) is 19.1 Å². The fourth-order valence-electron chi connectivity index (χ4n) is 4.67. The molecule has 0 bridgehead atoms. The van der Waals surface area contributed by atoms with E-state index in [-0.39, 0.29) is 17.6 Å². The van der Waals surface area contributed by atoms with Crippen molar-refractivity contribution in [3.05, 3.63) is 44.7 Å². The Bertz CT molecular complexity index is 1210. The molecule has 34 heavy (non-hydrogen) atoms. The maximum absolute atomic E-state index is 13.7. The lowest BCUT2D eigenvalue weighted by atomic mass is 10.2. The van der Waals surface area contributed by atoms with Crippen LogP contribution >= 0.6 is 24.0 Å². The summed E-state index contributed by atoms with van der Waals surface area (Å²) in [4.78, 5) is 38.4. The summed E-state index contributed by atoms with van der Waals surface area (Å²) in [5, 5.41) is 0. The number of anilines is 1. The number of amides is 1. The standard InChI is InChI=1S/C24H29N5O3S2/c1-3-26-8-10-27(11-9-26)21-18(22(30)28-14-16(2)6-7-20(28)25-21)13-19-23(31)29(24(33)34-19)15-17-5-4-12-32-17/h6-7,13-14,17H,3-5,8-12,15H2,1-2H3/b19-13-. The van der Waals surface area contributed by atoms with Crippen molar-refractivity contribution in [3.63, 3.8) is 0 Å². The van der Waals surface area contributed by atoms with Crippen molar-refractivity contribution in [3.8, 4) is 0 Å². The number of aromatic nitrogens is 2. The molecule has 3 aliphatic rings. The van der Waals surface area contributed by atoms with Crippen LogP contribution in [0.25, 0.3) is 11.7 Å². The van der Waals surface area contributed by atoms with Crippen LogP contribution in [0.15, 0.2) is 28.0 Å². The van der Waals surface area contributed by atoms with Gasteiger partial charge in [0.2, 0.25) is 0 Å². The highest BCUT2D eigenvalue weighted by molar-refractivity contribution is 8.26. The average molecular weight is 500 g/mol. The van der Waals surface area contributed by atoms with Gasteiger partial charge in [-0.3, -0.25) is 18.9 Å². The molecule has 0 aromatic carbocycles. The largest absolute Gasteiger partial charge is 0.376 e. The predicted molar refractivity (Wildman–Crippen MR) is 139 cm³/mol. The SMILES string of the molecule is CCN1CCN(c2nc3ccc(C)cn3c(=O)c2/C=C2\SC(=S)N(CC3CCCO3)C2=O)CC1. The molecular formula is C24H29N5O3S2. The number of hydrogen-bond donors (Lipinski definition) is 0. The van der Waals surface area contributed by atoms with Gasteiger partial charge in [0.15, 0.2) is 0 Å². The number of carbonyl (C=O) groups is 1. The molecule has 5 rings (SSSR count). The molecule has 10 heteroatoms. The fraction of sp³-hybridized carbons (Fsp3) is 0.500. The lowest BCUT2D eigenvalue weighted by Crippen LogP contribution is -2.47. The second kappa shape index (κ2) is 9.77. The zero-order chi connectivity index (χ0) is 23.8. The van der Waals surface area contributed by atoms with Gasteiger partial charge in [-0.2, -0.15) is 0 Å². The molecule has 0 spiro atoms. The van der Waals surface area contributed by atoms with Gasteiger partial charge in [-0.1, -0.05) is 37.0 Å². The Balaban J connectivity index is 1.54. The molecule has 3 aliphatic heterocycles. The van der Waals surface area contributed by atoms with E-state index >= 15 is 0 Å². The second-order valence-corrected chi connectivity index (χ2v) is 10.6. The number of thiocarbonyl (C=S) groups is 1. The summed E-state index contributed by atoms with van der Waals surface area (Å²) in [5.41, 5.74) is 1.83. The number of nitrogens with zero attached hydrogens (tertiary/aromatic N) is 5. The Morgan fingerprint density at radius 2 is 2.03 bits per heavy atom. The minimum atomic E-state index is -0.175. The van der Waals surface area contributed by atoms with E-state index in [0.29, 0.717) is 32.8 Å². The van der Waals surface area contributed by atoms with E-state index in [0.717, 1.165) is 57.7 Å². The maximum atomic E-state index is 13.7. The van der Waals surface area contributed by atoms with Gasteiger partial charge in [0.05, 0.1) is 23.1 Å². The van der Waals surface area contributed by atoms with Crippen LogP contribution in [0.4, 0.5) is 5.82 Å². The molecule has 3 saturated heterocycles. The van der Waals surface area contributed by atoms with E-state index in [4.69, 9.17) is 21.9 Å². The van der Waals surface area contributed by atoms with Crippen LogP contribution in [0.5, 0.6) is 0 Å². The number of thioether (sulfide) groups is 1. The minimum Gasteiger partial charge on any atom is -0.376 e. The number of ether oxygens (including phenoxy) is 1. The number of piperazine rings is 1. The molecule has 0 radical (unpaired) electrons. The van der Waals surface area contributed by atoms with E-state index in [2.05, 4.69) is 16.7 Å². The number of fused-ring (bicyclic) bond motifs is 1. The van der Waals surface area contributed by atoms with Crippen molar-refractivity contribution in [1.29, 1.82) is 0 Å². The monoisotopic (exact) mass is 499 g/mol. The molecule has 1 amide bonds. The van der Waals surface area contributed by atoms with Crippen molar-refractivity contribution >= 4 is 51.7 Å². The molecule has 0 aliphatic carbocycles. The quantitative estimate of drug-likeness (QED) is 0.459. The average Bonchev–Trinajstić information content (AvgIpc) is 3.45. The van der Waals surface area contributed by atoms with Crippen LogP contribution in [0.3, 0.4) is 0 Å². The molecule has 0 saturated carbocycles. The Hall–Kier alpha value is -2.27. The van der Waals surface area contributed by atoms with Crippen molar-refractivity contribution < 1.29 is 9.53 Å². The molecule has 0 N–H and O–H groups in total. The van der Waals surface area contributed by atoms with Gasteiger partial charge in [0.1, 0.15) is 15.8 Å². The molecule has 3 fully saturated rings. The zero-order valence-corrected chi connectivity index (χ0v) is 21.2. The molecule has 2 aromatic rings. The number of pyridine rings is 1. The molecule has 1 unspecified atom stereocenters. The first-order valence-electron chi connectivity index (χ1n) is 11.8. The summed E-state index contributed by atoms with van der Waals surface area (Å²) in [5.74, 6) is 0.468. The molecule has 180 valence electrons. The first-order valence-corrected chi connectivity index (χ1v) is 13.0. The highest BCUT2D eigenvalue weighted by atomic mass is 32.2. The van der Waals surface area contributed by atoms with Crippen LogP contribution in [-0.4, -0.2) is 81.4 Å². The third-order valence-electron chi connectivity index (χ3n) is 6.66. The Labute approximate surface area is 208 Å². The maximum Gasteiger partial charge on any atom is 0.267 e. The summed E-state index contributed by atoms with van der Waals surface area (Å²) >= 11 is 6.76. The highest BCUT2D eigenvalue weighted by Crippen LogP contribution is 2.34. The molecule has 8 nitrogen and oxygen atoms in total. The molecule has 2 aromatic heterocycles. The first-order chi connectivity index (χ1) is 16.4. The van der Waals surface area contributed by atoms with Gasteiger partial charge < -0.3 is 14.5 Å². The number of aryl methyl sites for hydroxylation is 1. The van der Waals surface area contributed by atoms with E-state index in [1.165, 1.54) is 11.8 Å². The van der Waals surface area contributed by atoms with Crippen molar-refractivity contribution in [1.82, 2.24) is 19.2 Å². The summed E-state index contributed by atoms with van der Waals surface area (Å²) in [7, 11) is 0. The fourth-order valence-corrected chi connectivity index (χ4v) is 5.93. The van der Waals surface area contributed by atoms with Gasteiger partial charge >= 0.3 is 0 Å². The lowest BCUT2D eigenvalue weighted by Gasteiger charge is -2.35. The number of rotatable bonds is 5. The van der Waals surface area contributed by atoms with E-state index in [1.54, 1.807) is 21.6 Å². The van der Waals surface area contributed by atoms with Crippen LogP contribution in [-0.2, 0) is 9.53 Å². The first kappa shape index (κ1) is 23.5. The molecular weight excluding hydrogens is 470 g/mol. The van der Waals surface area contributed by atoms with Crippen LogP contribution < -0.4 is 10.5 Å². The van der Waals surface area contributed by atoms with Crippen molar-refractivity contribution in [2.75, 3.05) is 50.8 Å². The summed E-state index contributed by atoms with van der Waals surface area (Å²) in [6.07, 6.45) is 5.44. The Kier molecular flexibility index (Phi) is 6.74. The predicted octanol–water partition coefficient (Wildman–Crippen LogP) is 2.53. The topological polar surface area (TPSA) is 70.4 Å². The van der Waals surface area contributed by atoms with Crippen LogP contribution in [0.1, 0.15) is 30.9 Å². The van der Waals surface area contributed by atoms with Crippen molar-refractivity contribution in [2.45, 2.75) is 32.8 Å². The molecule has 5 heterocycles.